The van der Waals surface area contributed by atoms with Gasteiger partial charge < -0.3 is 14.2 Å². The van der Waals surface area contributed by atoms with Crippen LogP contribution in [0.1, 0.15) is 0 Å². The first-order valence-electron chi connectivity index (χ1n) is 5.20. The van der Waals surface area contributed by atoms with Crippen molar-refractivity contribution in [2.45, 2.75) is 0 Å². The van der Waals surface area contributed by atoms with Crippen molar-refractivity contribution in [2.24, 2.45) is 0 Å². The summed E-state index contributed by atoms with van der Waals surface area (Å²) in [5.41, 5.74) is 0. The third-order valence-corrected chi connectivity index (χ3v) is 2.27. The van der Waals surface area contributed by atoms with Crippen LogP contribution >= 0.6 is 0 Å². The average Bonchev–Trinajstić information content (AvgIpc) is 2.40. The quantitative estimate of drug-likeness (QED) is 0.805. The van der Waals surface area contributed by atoms with Gasteiger partial charge in [0.05, 0.1) is 14.2 Å². The Balaban J connectivity index is 2.26. The van der Waals surface area contributed by atoms with E-state index >= 15 is 0 Å². The number of hydrogen-bond acceptors (Lipinski definition) is 3. The molecule has 0 atom stereocenters. The molecule has 0 aromatic heterocycles. The topological polar surface area (TPSA) is 27.7 Å². The van der Waals surface area contributed by atoms with Gasteiger partial charge in [-0.1, -0.05) is 18.2 Å². The Labute approximate surface area is 101 Å². The minimum Gasteiger partial charge on any atom is -0.497 e. The van der Waals surface area contributed by atoms with Gasteiger partial charge in [-0.2, -0.15) is 0 Å². The lowest BCUT2D eigenvalue weighted by Gasteiger charge is -2.11. The van der Waals surface area contributed by atoms with Gasteiger partial charge >= 0.3 is 0 Å². The van der Waals surface area contributed by atoms with E-state index in [9.17, 15) is 0 Å². The molecular weight excluding hydrogens is 216 g/mol. The largest absolute Gasteiger partial charge is 0.497 e. The van der Waals surface area contributed by atoms with Gasteiger partial charge in [0.25, 0.3) is 0 Å². The highest BCUT2D eigenvalue weighted by atomic mass is 16.5. The SMILES string of the molecule is COc1ccc(Oc2[c]cccc2)c(OC)c1. The van der Waals surface area contributed by atoms with Crippen LogP contribution in [0.4, 0.5) is 0 Å². The Morgan fingerprint density at radius 2 is 1.82 bits per heavy atom. The molecule has 0 aliphatic heterocycles. The minimum absolute atomic E-state index is 0.626. The first-order chi connectivity index (χ1) is 8.33. The Kier molecular flexibility index (Phi) is 3.50. The molecule has 3 heteroatoms. The van der Waals surface area contributed by atoms with Gasteiger partial charge in [0.15, 0.2) is 11.5 Å². The average molecular weight is 229 g/mol. The van der Waals surface area contributed by atoms with E-state index in [0.29, 0.717) is 17.2 Å². The summed E-state index contributed by atoms with van der Waals surface area (Å²) in [6.45, 7) is 0. The van der Waals surface area contributed by atoms with Crippen LogP contribution in [-0.2, 0) is 0 Å². The van der Waals surface area contributed by atoms with E-state index in [-0.39, 0.29) is 0 Å². The fourth-order valence-corrected chi connectivity index (χ4v) is 1.42. The summed E-state index contributed by atoms with van der Waals surface area (Å²) in [5, 5.41) is 0. The number of para-hydroxylation sites is 1. The maximum absolute atomic E-state index is 5.66. The first-order valence-corrected chi connectivity index (χ1v) is 5.20. The van der Waals surface area contributed by atoms with Crippen molar-refractivity contribution in [1.29, 1.82) is 0 Å². The maximum Gasteiger partial charge on any atom is 0.169 e. The van der Waals surface area contributed by atoms with Crippen LogP contribution < -0.4 is 14.2 Å². The summed E-state index contributed by atoms with van der Waals surface area (Å²) in [6, 6.07) is 15.8. The van der Waals surface area contributed by atoms with Crippen LogP contribution in [-0.4, -0.2) is 14.2 Å². The molecule has 2 aromatic carbocycles. The van der Waals surface area contributed by atoms with Crippen molar-refractivity contribution < 1.29 is 14.2 Å². The van der Waals surface area contributed by atoms with Crippen molar-refractivity contribution in [3.8, 4) is 23.0 Å². The van der Waals surface area contributed by atoms with E-state index in [1.165, 1.54) is 0 Å². The predicted molar refractivity (Wildman–Crippen MR) is 64.9 cm³/mol. The molecule has 0 fully saturated rings. The van der Waals surface area contributed by atoms with E-state index in [2.05, 4.69) is 6.07 Å². The molecule has 0 saturated heterocycles. The molecule has 0 aliphatic rings. The van der Waals surface area contributed by atoms with Crippen LogP contribution in [0.15, 0.2) is 42.5 Å². The fourth-order valence-electron chi connectivity index (χ4n) is 1.42. The van der Waals surface area contributed by atoms with Gasteiger partial charge in [-0.15, -0.1) is 0 Å². The molecule has 3 nitrogen and oxygen atoms in total. The Morgan fingerprint density at radius 1 is 0.941 bits per heavy atom. The number of methoxy groups -OCH3 is 2. The number of rotatable bonds is 4. The zero-order valence-electron chi connectivity index (χ0n) is 9.77. The third-order valence-electron chi connectivity index (χ3n) is 2.27. The summed E-state index contributed by atoms with van der Waals surface area (Å²) in [7, 11) is 3.20. The van der Waals surface area contributed by atoms with Gasteiger partial charge in [-0.05, 0) is 18.2 Å². The van der Waals surface area contributed by atoms with Crippen LogP contribution in [0.5, 0.6) is 23.0 Å². The minimum atomic E-state index is 0.626. The highest BCUT2D eigenvalue weighted by Crippen LogP contribution is 2.34. The number of ether oxygens (including phenoxy) is 3. The Morgan fingerprint density at radius 3 is 2.47 bits per heavy atom. The molecule has 0 amide bonds. The highest BCUT2D eigenvalue weighted by molar-refractivity contribution is 5.47. The maximum atomic E-state index is 5.66. The molecule has 0 bridgehead atoms. The number of benzene rings is 2. The zero-order valence-corrected chi connectivity index (χ0v) is 9.77. The molecule has 87 valence electrons. The third kappa shape index (κ3) is 2.69. The van der Waals surface area contributed by atoms with Crippen LogP contribution in [0.3, 0.4) is 0 Å². The van der Waals surface area contributed by atoms with Crippen LogP contribution in [0.2, 0.25) is 0 Å². The molecule has 0 saturated carbocycles. The Hall–Kier alpha value is -2.16. The molecule has 0 spiro atoms. The van der Waals surface area contributed by atoms with Gasteiger partial charge in [0.1, 0.15) is 11.5 Å². The highest BCUT2D eigenvalue weighted by Gasteiger charge is 2.06. The first kappa shape index (κ1) is 11.3. The molecule has 17 heavy (non-hydrogen) atoms. The lowest BCUT2D eigenvalue weighted by molar-refractivity contribution is 0.368. The molecule has 0 aliphatic carbocycles. The monoisotopic (exact) mass is 229 g/mol. The molecule has 0 unspecified atom stereocenters. The van der Waals surface area contributed by atoms with Crippen molar-refractivity contribution in [3.63, 3.8) is 0 Å². The van der Waals surface area contributed by atoms with Gasteiger partial charge in [0.2, 0.25) is 0 Å². The predicted octanol–water partition coefficient (Wildman–Crippen LogP) is 3.30. The lowest BCUT2D eigenvalue weighted by Crippen LogP contribution is -1.91. The second-order valence-corrected chi connectivity index (χ2v) is 3.35. The molecule has 2 aromatic rings. The molecule has 0 N–H and O–H groups in total. The molecule has 2 rings (SSSR count). The summed E-state index contributed by atoms with van der Waals surface area (Å²) in [5.74, 6) is 2.64. The van der Waals surface area contributed by atoms with Gasteiger partial charge in [-0.25, -0.2) is 0 Å². The van der Waals surface area contributed by atoms with Crippen molar-refractivity contribution >= 4 is 0 Å². The summed E-state index contributed by atoms with van der Waals surface area (Å²) in [6.07, 6.45) is 0. The molecular formula is C14H13O3. The van der Waals surface area contributed by atoms with Crippen LogP contribution in [0.25, 0.3) is 0 Å². The standard InChI is InChI=1S/C14H13O3/c1-15-12-8-9-13(14(10-12)16-2)17-11-6-4-3-5-7-11/h3-6,8-10H,1-2H3. The normalized spacial score (nSPS) is 9.76. The second-order valence-electron chi connectivity index (χ2n) is 3.35. The lowest BCUT2D eigenvalue weighted by atomic mass is 10.3. The fraction of sp³-hybridized carbons (Fsp3) is 0.143. The van der Waals surface area contributed by atoms with Gasteiger partial charge in [-0.3, -0.25) is 0 Å². The van der Waals surface area contributed by atoms with E-state index in [4.69, 9.17) is 14.2 Å². The van der Waals surface area contributed by atoms with E-state index in [1.807, 2.05) is 24.3 Å². The van der Waals surface area contributed by atoms with Crippen molar-refractivity contribution in [3.05, 3.63) is 48.5 Å². The summed E-state index contributed by atoms with van der Waals surface area (Å²) < 4.78 is 16.0. The number of hydrogen-bond donors (Lipinski definition) is 0. The second kappa shape index (κ2) is 5.25. The Bertz CT molecular complexity index is 480. The smallest absolute Gasteiger partial charge is 0.169 e. The van der Waals surface area contributed by atoms with E-state index < -0.39 is 0 Å². The van der Waals surface area contributed by atoms with E-state index in [1.54, 1.807) is 32.4 Å². The molecule has 0 heterocycles. The molecule has 1 radical (unpaired) electrons. The zero-order chi connectivity index (χ0) is 12.1. The van der Waals surface area contributed by atoms with Crippen LogP contribution in [0, 0.1) is 6.07 Å². The van der Waals surface area contributed by atoms with Gasteiger partial charge in [0, 0.05) is 12.1 Å². The van der Waals surface area contributed by atoms with E-state index in [0.717, 1.165) is 5.75 Å². The summed E-state index contributed by atoms with van der Waals surface area (Å²) in [4.78, 5) is 0. The van der Waals surface area contributed by atoms with Crippen molar-refractivity contribution in [2.75, 3.05) is 14.2 Å². The van der Waals surface area contributed by atoms with Crippen molar-refractivity contribution in [1.82, 2.24) is 0 Å². The summed E-state index contributed by atoms with van der Waals surface area (Å²) >= 11 is 0.